The maximum absolute atomic E-state index is 13.2. The molecule has 2 saturated heterocycles. The van der Waals surface area contributed by atoms with Crippen molar-refractivity contribution in [2.75, 3.05) is 46.3 Å². The van der Waals surface area contributed by atoms with Crippen LogP contribution in [0.5, 0.6) is 0 Å². The smallest absolute Gasteiger partial charge is 0.243 e. The largest absolute Gasteiger partial charge is 0.304 e. The summed E-state index contributed by atoms with van der Waals surface area (Å²) >= 11 is 0. The van der Waals surface area contributed by atoms with Gasteiger partial charge in [-0.05, 0) is 85.9 Å². The molecule has 178 valence electrons. The van der Waals surface area contributed by atoms with Gasteiger partial charge >= 0.3 is 0 Å². The predicted octanol–water partition coefficient (Wildman–Crippen LogP) is 3.57. The van der Waals surface area contributed by atoms with Crippen molar-refractivity contribution in [1.82, 2.24) is 14.1 Å². The Morgan fingerprint density at radius 2 is 1.48 bits per heavy atom. The number of benzene rings is 2. The third-order valence-electron chi connectivity index (χ3n) is 7.83. The van der Waals surface area contributed by atoms with Crippen molar-refractivity contribution in [2.24, 2.45) is 5.92 Å². The first-order valence-electron chi connectivity index (χ1n) is 12.6. The van der Waals surface area contributed by atoms with E-state index in [2.05, 4.69) is 41.1 Å². The topological polar surface area (TPSA) is 43.9 Å². The number of sulfonamides is 1. The first kappa shape index (κ1) is 23.0. The highest BCUT2D eigenvalue weighted by Gasteiger charge is 2.30. The molecule has 5 nitrogen and oxygen atoms in total. The Kier molecular flexibility index (Phi) is 6.89. The summed E-state index contributed by atoms with van der Waals surface area (Å²) < 4.78 is 28.1. The van der Waals surface area contributed by atoms with Crippen molar-refractivity contribution in [2.45, 2.75) is 50.0 Å². The van der Waals surface area contributed by atoms with Crippen LogP contribution in [0.15, 0.2) is 47.4 Å². The summed E-state index contributed by atoms with van der Waals surface area (Å²) in [5.41, 5.74) is 5.31. The van der Waals surface area contributed by atoms with Crippen LogP contribution in [0.3, 0.4) is 0 Å². The molecule has 0 atom stereocenters. The van der Waals surface area contributed by atoms with E-state index in [1.165, 1.54) is 22.3 Å². The van der Waals surface area contributed by atoms with Gasteiger partial charge < -0.3 is 4.90 Å². The molecule has 3 aliphatic rings. The molecule has 0 amide bonds. The summed E-state index contributed by atoms with van der Waals surface area (Å²) in [4.78, 5) is 5.41. The van der Waals surface area contributed by atoms with E-state index in [9.17, 15) is 8.42 Å². The molecule has 0 aromatic heterocycles. The number of hydrogen-bond donors (Lipinski definition) is 0. The fraction of sp³-hybridized carbons (Fsp3) is 0.556. The van der Waals surface area contributed by atoms with Gasteiger partial charge in [-0.25, -0.2) is 8.42 Å². The Hall–Kier alpha value is -1.73. The standard InChI is InChI=1S/C27H37N3O2S/c1-28-15-17-29(18-16-28)21-24-7-5-22(6-8-24)19-23-11-13-30(14-12-23)33(31,32)27-10-9-25-3-2-4-26(25)20-27/h5-10,20,23H,2-4,11-19,21H2,1H3. The Balaban J connectivity index is 1.13. The maximum Gasteiger partial charge on any atom is 0.243 e. The fourth-order valence-corrected chi connectivity index (χ4v) is 7.11. The average Bonchev–Trinajstić information content (AvgIpc) is 3.30. The second kappa shape index (κ2) is 9.87. The minimum absolute atomic E-state index is 0.484. The lowest BCUT2D eigenvalue weighted by molar-refractivity contribution is 0.148. The molecule has 2 aromatic carbocycles. The van der Waals surface area contributed by atoms with Crippen molar-refractivity contribution in [3.05, 3.63) is 64.7 Å². The molecular formula is C27H37N3O2S. The molecule has 5 rings (SSSR count). The zero-order valence-electron chi connectivity index (χ0n) is 19.9. The minimum Gasteiger partial charge on any atom is -0.304 e. The van der Waals surface area contributed by atoms with Crippen LogP contribution in [0.25, 0.3) is 0 Å². The van der Waals surface area contributed by atoms with Gasteiger partial charge in [0.15, 0.2) is 0 Å². The van der Waals surface area contributed by atoms with Crippen molar-refractivity contribution in [3.63, 3.8) is 0 Å². The van der Waals surface area contributed by atoms with E-state index in [0.717, 1.165) is 71.2 Å². The van der Waals surface area contributed by atoms with E-state index in [1.54, 1.807) is 4.31 Å². The lowest BCUT2D eigenvalue weighted by atomic mass is 9.91. The third-order valence-corrected chi connectivity index (χ3v) is 9.73. The summed E-state index contributed by atoms with van der Waals surface area (Å²) in [6.45, 7) is 6.89. The van der Waals surface area contributed by atoms with Gasteiger partial charge in [-0.15, -0.1) is 0 Å². The molecule has 0 N–H and O–H groups in total. The van der Waals surface area contributed by atoms with Gasteiger partial charge in [0.05, 0.1) is 4.90 Å². The number of hydrogen-bond acceptors (Lipinski definition) is 4. The molecular weight excluding hydrogens is 430 g/mol. The van der Waals surface area contributed by atoms with Gasteiger partial charge in [0.1, 0.15) is 0 Å². The van der Waals surface area contributed by atoms with Gasteiger partial charge in [-0.3, -0.25) is 4.90 Å². The zero-order valence-corrected chi connectivity index (χ0v) is 20.7. The zero-order chi connectivity index (χ0) is 22.8. The van der Waals surface area contributed by atoms with Gasteiger partial charge in [-0.1, -0.05) is 30.3 Å². The fourth-order valence-electron chi connectivity index (χ4n) is 5.59. The molecule has 2 aliphatic heterocycles. The van der Waals surface area contributed by atoms with E-state index < -0.39 is 10.0 Å². The predicted molar refractivity (Wildman–Crippen MR) is 133 cm³/mol. The van der Waals surface area contributed by atoms with Gasteiger partial charge in [0.25, 0.3) is 0 Å². The summed E-state index contributed by atoms with van der Waals surface area (Å²) in [7, 11) is -1.18. The van der Waals surface area contributed by atoms with Crippen molar-refractivity contribution in [3.8, 4) is 0 Å². The molecule has 0 saturated carbocycles. The number of likely N-dealkylation sites (N-methyl/N-ethyl adjacent to an activating group) is 1. The van der Waals surface area contributed by atoms with E-state index in [4.69, 9.17) is 0 Å². The highest BCUT2D eigenvalue weighted by Crippen LogP contribution is 2.29. The van der Waals surface area contributed by atoms with Gasteiger partial charge in [0.2, 0.25) is 10.0 Å². The molecule has 1 aliphatic carbocycles. The van der Waals surface area contributed by atoms with E-state index in [1.807, 2.05) is 18.2 Å². The number of aryl methyl sites for hydroxylation is 2. The first-order valence-corrected chi connectivity index (χ1v) is 14.0. The third kappa shape index (κ3) is 5.35. The molecule has 0 spiro atoms. The average molecular weight is 468 g/mol. The van der Waals surface area contributed by atoms with Gasteiger partial charge in [-0.2, -0.15) is 4.31 Å². The van der Waals surface area contributed by atoms with Crippen LogP contribution in [0, 0.1) is 5.92 Å². The Labute approximate surface area is 199 Å². The van der Waals surface area contributed by atoms with Crippen LogP contribution in [-0.4, -0.2) is 68.8 Å². The van der Waals surface area contributed by atoms with Gasteiger partial charge in [0, 0.05) is 45.8 Å². The lowest BCUT2D eigenvalue weighted by Gasteiger charge is -2.32. The summed E-state index contributed by atoms with van der Waals surface area (Å²) in [6, 6.07) is 14.9. The van der Waals surface area contributed by atoms with Crippen LogP contribution in [0.4, 0.5) is 0 Å². The maximum atomic E-state index is 13.2. The van der Waals surface area contributed by atoms with E-state index >= 15 is 0 Å². The monoisotopic (exact) mass is 467 g/mol. The molecule has 6 heteroatoms. The quantitative estimate of drug-likeness (QED) is 0.652. The molecule has 0 radical (unpaired) electrons. The molecule has 2 heterocycles. The summed E-state index contributed by atoms with van der Waals surface area (Å²) in [6.07, 6.45) is 6.15. The molecule has 0 unspecified atom stereocenters. The number of piperazine rings is 1. The lowest BCUT2D eigenvalue weighted by Crippen LogP contribution is -2.43. The number of fused-ring (bicyclic) bond motifs is 1. The van der Waals surface area contributed by atoms with Crippen molar-refractivity contribution in [1.29, 1.82) is 0 Å². The van der Waals surface area contributed by atoms with E-state index in [0.29, 0.717) is 23.9 Å². The Morgan fingerprint density at radius 1 is 0.818 bits per heavy atom. The van der Waals surface area contributed by atoms with Crippen molar-refractivity contribution >= 4 is 10.0 Å². The highest BCUT2D eigenvalue weighted by molar-refractivity contribution is 7.89. The SMILES string of the molecule is CN1CCN(Cc2ccc(CC3CCN(S(=O)(=O)c4ccc5c(c4)CCC5)CC3)cc2)CC1. The molecule has 33 heavy (non-hydrogen) atoms. The van der Waals surface area contributed by atoms with Crippen LogP contribution >= 0.6 is 0 Å². The number of rotatable bonds is 6. The number of piperidine rings is 1. The second-order valence-corrected chi connectivity index (χ2v) is 12.2. The Bertz CT molecular complexity index is 1050. The molecule has 2 fully saturated rings. The van der Waals surface area contributed by atoms with Crippen LogP contribution in [0.1, 0.15) is 41.5 Å². The Morgan fingerprint density at radius 3 is 2.21 bits per heavy atom. The van der Waals surface area contributed by atoms with Crippen LogP contribution in [-0.2, 0) is 35.8 Å². The summed E-state index contributed by atoms with van der Waals surface area (Å²) in [5.74, 6) is 0.556. The molecule has 2 aromatic rings. The normalized spacial score (nSPS) is 21.4. The van der Waals surface area contributed by atoms with Crippen LogP contribution < -0.4 is 0 Å². The van der Waals surface area contributed by atoms with Crippen molar-refractivity contribution < 1.29 is 8.42 Å². The van der Waals surface area contributed by atoms with Crippen LogP contribution in [0.2, 0.25) is 0 Å². The second-order valence-electron chi connectivity index (χ2n) is 10.2. The minimum atomic E-state index is -3.38. The number of nitrogens with zero attached hydrogens (tertiary/aromatic N) is 3. The highest BCUT2D eigenvalue weighted by atomic mass is 32.2. The molecule has 0 bridgehead atoms. The van der Waals surface area contributed by atoms with E-state index in [-0.39, 0.29) is 0 Å². The first-order chi connectivity index (χ1) is 16.0. The summed E-state index contributed by atoms with van der Waals surface area (Å²) in [5, 5.41) is 0.